The molecule has 0 atom stereocenters. The van der Waals surface area contributed by atoms with Crippen molar-refractivity contribution in [3.63, 3.8) is 0 Å². The van der Waals surface area contributed by atoms with Crippen molar-refractivity contribution in [1.82, 2.24) is 0 Å². The van der Waals surface area contributed by atoms with E-state index >= 15 is 0 Å². The highest BCUT2D eigenvalue weighted by Gasteiger charge is 2.04. The zero-order valence-electron chi connectivity index (χ0n) is 12.3. The van der Waals surface area contributed by atoms with E-state index in [1.165, 1.54) is 6.08 Å². The minimum atomic E-state index is -0.231. The first-order valence-electron chi connectivity index (χ1n) is 6.59. The van der Waals surface area contributed by atoms with E-state index in [1.807, 2.05) is 24.3 Å². The van der Waals surface area contributed by atoms with Crippen molar-refractivity contribution >= 4 is 33.6 Å². The smallest absolute Gasteiger partial charge is 0.248 e. The van der Waals surface area contributed by atoms with Gasteiger partial charge in [-0.1, -0.05) is 34.1 Å². The van der Waals surface area contributed by atoms with Crippen LogP contribution in [0.3, 0.4) is 0 Å². The molecule has 22 heavy (non-hydrogen) atoms. The highest BCUT2D eigenvalue weighted by Crippen LogP contribution is 2.25. The Hall–Kier alpha value is -2.27. The number of hydrogen-bond donors (Lipinski definition) is 1. The summed E-state index contributed by atoms with van der Waals surface area (Å²) < 4.78 is 11.3. The molecule has 0 aliphatic heterocycles. The van der Waals surface area contributed by atoms with E-state index in [4.69, 9.17) is 9.47 Å². The van der Waals surface area contributed by atoms with Gasteiger partial charge in [0.15, 0.2) is 0 Å². The maximum atomic E-state index is 12.0. The van der Waals surface area contributed by atoms with Crippen LogP contribution < -0.4 is 14.8 Å². The molecular formula is C17H16BrNO3. The molecule has 0 radical (unpaired) electrons. The third-order valence-electron chi connectivity index (χ3n) is 2.94. The molecule has 5 heteroatoms. The van der Waals surface area contributed by atoms with E-state index < -0.39 is 0 Å². The average molecular weight is 362 g/mol. The normalized spacial score (nSPS) is 10.5. The molecule has 0 saturated carbocycles. The zero-order valence-corrected chi connectivity index (χ0v) is 13.9. The van der Waals surface area contributed by atoms with Crippen LogP contribution in [0.1, 0.15) is 5.56 Å². The first kappa shape index (κ1) is 16.1. The number of carbonyl (C=O) groups is 1. The first-order chi connectivity index (χ1) is 10.6. The SMILES string of the molecule is COc1cc(NC(=O)/C=C/c2ccccc2Br)cc(OC)c1. The van der Waals surface area contributed by atoms with E-state index in [0.29, 0.717) is 17.2 Å². The molecule has 0 aliphatic carbocycles. The van der Waals surface area contributed by atoms with Crippen LogP contribution in [0.4, 0.5) is 5.69 Å². The number of benzene rings is 2. The molecule has 1 amide bonds. The maximum Gasteiger partial charge on any atom is 0.248 e. The fourth-order valence-corrected chi connectivity index (χ4v) is 2.26. The summed E-state index contributed by atoms with van der Waals surface area (Å²) in [5.74, 6) is 1.000. The Morgan fingerprint density at radius 3 is 2.32 bits per heavy atom. The van der Waals surface area contributed by atoms with Gasteiger partial charge in [-0.2, -0.15) is 0 Å². The van der Waals surface area contributed by atoms with Gasteiger partial charge in [0.2, 0.25) is 5.91 Å². The largest absolute Gasteiger partial charge is 0.497 e. The van der Waals surface area contributed by atoms with Crippen LogP contribution in [0, 0.1) is 0 Å². The number of nitrogens with one attached hydrogen (secondary N) is 1. The highest BCUT2D eigenvalue weighted by molar-refractivity contribution is 9.10. The number of amides is 1. The topological polar surface area (TPSA) is 47.6 Å². The summed E-state index contributed by atoms with van der Waals surface area (Å²) >= 11 is 3.43. The molecule has 0 aromatic heterocycles. The van der Waals surface area contributed by atoms with Crippen LogP contribution >= 0.6 is 15.9 Å². The van der Waals surface area contributed by atoms with Crippen molar-refractivity contribution in [3.8, 4) is 11.5 Å². The van der Waals surface area contributed by atoms with Crippen LogP contribution in [-0.4, -0.2) is 20.1 Å². The molecule has 2 aromatic rings. The van der Waals surface area contributed by atoms with E-state index in [0.717, 1.165) is 10.0 Å². The van der Waals surface area contributed by atoms with Gasteiger partial charge in [0.25, 0.3) is 0 Å². The molecular weight excluding hydrogens is 346 g/mol. The number of ether oxygens (including phenoxy) is 2. The lowest BCUT2D eigenvalue weighted by atomic mass is 10.2. The minimum Gasteiger partial charge on any atom is -0.497 e. The van der Waals surface area contributed by atoms with Crippen molar-refractivity contribution in [2.45, 2.75) is 0 Å². The molecule has 4 nitrogen and oxygen atoms in total. The summed E-state index contributed by atoms with van der Waals surface area (Å²) in [6, 6.07) is 12.9. The van der Waals surface area contributed by atoms with Crippen LogP contribution in [0.5, 0.6) is 11.5 Å². The van der Waals surface area contributed by atoms with E-state index in [2.05, 4.69) is 21.2 Å². The van der Waals surface area contributed by atoms with E-state index in [-0.39, 0.29) is 5.91 Å². The van der Waals surface area contributed by atoms with Crippen LogP contribution in [0.25, 0.3) is 6.08 Å². The molecule has 0 spiro atoms. The molecule has 0 bridgehead atoms. The minimum absolute atomic E-state index is 0.231. The van der Waals surface area contributed by atoms with E-state index in [1.54, 1.807) is 38.5 Å². The Balaban J connectivity index is 2.10. The van der Waals surface area contributed by atoms with Gasteiger partial charge in [0, 0.05) is 34.4 Å². The summed E-state index contributed by atoms with van der Waals surface area (Å²) in [5.41, 5.74) is 1.54. The predicted molar refractivity (Wildman–Crippen MR) is 91.4 cm³/mol. The van der Waals surface area contributed by atoms with Crippen molar-refractivity contribution < 1.29 is 14.3 Å². The summed E-state index contributed by atoms with van der Waals surface area (Å²) in [4.78, 5) is 12.0. The number of halogens is 1. The summed E-state index contributed by atoms with van der Waals surface area (Å²) in [6.45, 7) is 0. The Kier molecular flexibility index (Phi) is 5.61. The van der Waals surface area contributed by atoms with Gasteiger partial charge in [0.1, 0.15) is 11.5 Å². The first-order valence-corrected chi connectivity index (χ1v) is 7.38. The molecule has 0 fully saturated rings. The van der Waals surface area contributed by atoms with Gasteiger partial charge in [-0.15, -0.1) is 0 Å². The van der Waals surface area contributed by atoms with Gasteiger partial charge in [-0.05, 0) is 17.7 Å². The third kappa shape index (κ3) is 4.36. The van der Waals surface area contributed by atoms with Crippen LogP contribution in [-0.2, 0) is 4.79 Å². The Bertz CT molecular complexity index is 676. The Morgan fingerprint density at radius 1 is 1.09 bits per heavy atom. The molecule has 0 aliphatic rings. The number of rotatable bonds is 5. The van der Waals surface area contributed by atoms with Gasteiger partial charge in [-0.3, -0.25) is 4.79 Å². The van der Waals surface area contributed by atoms with Crippen molar-refractivity contribution in [2.75, 3.05) is 19.5 Å². The fraction of sp³-hybridized carbons (Fsp3) is 0.118. The average Bonchev–Trinajstić information content (AvgIpc) is 2.53. The van der Waals surface area contributed by atoms with Crippen LogP contribution in [0.2, 0.25) is 0 Å². The lowest BCUT2D eigenvalue weighted by Crippen LogP contribution is -2.08. The quantitative estimate of drug-likeness (QED) is 0.814. The maximum absolute atomic E-state index is 12.0. The predicted octanol–water partition coefficient (Wildman–Crippen LogP) is 4.12. The second-order valence-corrected chi connectivity index (χ2v) is 5.30. The van der Waals surface area contributed by atoms with Gasteiger partial charge in [0.05, 0.1) is 14.2 Å². The number of anilines is 1. The molecule has 0 saturated heterocycles. The molecule has 1 N–H and O–H groups in total. The molecule has 0 unspecified atom stereocenters. The third-order valence-corrected chi connectivity index (χ3v) is 3.66. The summed E-state index contributed by atoms with van der Waals surface area (Å²) in [6.07, 6.45) is 3.23. The van der Waals surface area contributed by atoms with Gasteiger partial charge in [-0.25, -0.2) is 0 Å². The van der Waals surface area contributed by atoms with Crippen molar-refractivity contribution in [3.05, 3.63) is 58.6 Å². The number of methoxy groups -OCH3 is 2. The number of carbonyl (C=O) groups excluding carboxylic acids is 1. The van der Waals surface area contributed by atoms with Crippen molar-refractivity contribution in [1.29, 1.82) is 0 Å². The fourth-order valence-electron chi connectivity index (χ4n) is 1.84. The number of hydrogen-bond acceptors (Lipinski definition) is 3. The standard InChI is InChI=1S/C17H16BrNO3/c1-21-14-9-13(10-15(11-14)22-2)19-17(20)8-7-12-5-3-4-6-16(12)18/h3-11H,1-2H3,(H,19,20)/b8-7+. The van der Waals surface area contributed by atoms with Gasteiger partial charge >= 0.3 is 0 Å². The molecule has 0 heterocycles. The Labute approximate surface area is 137 Å². The molecule has 114 valence electrons. The monoisotopic (exact) mass is 361 g/mol. The second-order valence-electron chi connectivity index (χ2n) is 4.45. The highest BCUT2D eigenvalue weighted by atomic mass is 79.9. The summed E-state index contributed by atoms with van der Waals surface area (Å²) in [5, 5.41) is 2.78. The lowest BCUT2D eigenvalue weighted by molar-refractivity contribution is -0.111. The zero-order chi connectivity index (χ0) is 15.9. The second kappa shape index (κ2) is 7.66. The van der Waals surface area contributed by atoms with E-state index in [9.17, 15) is 4.79 Å². The molecule has 2 aromatic carbocycles. The van der Waals surface area contributed by atoms with Crippen LogP contribution in [0.15, 0.2) is 53.0 Å². The van der Waals surface area contributed by atoms with Gasteiger partial charge < -0.3 is 14.8 Å². The molecule has 2 rings (SSSR count). The lowest BCUT2D eigenvalue weighted by Gasteiger charge is -2.08. The summed E-state index contributed by atoms with van der Waals surface area (Å²) in [7, 11) is 3.13. The Morgan fingerprint density at radius 2 is 1.73 bits per heavy atom. The van der Waals surface area contributed by atoms with Crippen molar-refractivity contribution in [2.24, 2.45) is 0 Å².